The van der Waals surface area contributed by atoms with Crippen LogP contribution in [0.3, 0.4) is 0 Å². The lowest BCUT2D eigenvalue weighted by molar-refractivity contribution is 0.0949. The molecule has 7 heteroatoms. The van der Waals surface area contributed by atoms with Crippen molar-refractivity contribution in [2.24, 2.45) is 0 Å². The molecule has 0 saturated heterocycles. The van der Waals surface area contributed by atoms with Crippen LogP contribution in [-0.2, 0) is 12.8 Å². The second-order valence-electron chi connectivity index (χ2n) is 6.44. The van der Waals surface area contributed by atoms with Gasteiger partial charge in [0, 0.05) is 13.1 Å². The van der Waals surface area contributed by atoms with E-state index in [0.29, 0.717) is 28.6 Å². The molecule has 2 rings (SSSR count). The summed E-state index contributed by atoms with van der Waals surface area (Å²) < 4.78 is 1.81. The zero-order valence-electron chi connectivity index (χ0n) is 15.8. The van der Waals surface area contributed by atoms with E-state index in [2.05, 4.69) is 12.2 Å². The number of hydrogen-bond donors (Lipinski definition) is 1. The first-order chi connectivity index (χ1) is 12.4. The first-order valence-electron chi connectivity index (χ1n) is 8.88. The summed E-state index contributed by atoms with van der Waals surface area (Å²) in [6.07, 6.45) is 2.35. The van der Waals surface area contributed by atoms with Gasteiger partial charge in [0.25, 0.3) is 5.91 Å². The number of hydrogen-bond acceptors (Lipinski definition) is 3. The molecule has 1 heterocycles. The summed E-state index contributed by atoms with van der Waals surface area (Å²) in [5, 5.41) is 8.69. The molecule has 1 aromatic carbocycles. The SMILES string of the molecule is CCCc1nn(-c2ccc(Cl)c(Cl)c2)c(CC)c1C(=O)NCCN(C)C. The molecule has 0 fully saturated rings. The Morgan fingerprint density at radius 3 is 2.54 bits per heavy atom. The molecule has 0 aliphatic carbocycles. The maximum atomic E-state index is 12.8. The van der Waals surface area contributed by atoms with Crippen LogP contribution in [0, 0.1) is 0 Å². The second-order valence-corrected chi connectivity index (χ2v) is 7.26. The minimum absolute atomic E-state index is 0.0709. The van der Waals surface area contributed by atoms with Crippen molar-refractivity contribution in [1.29, 1.82) is 0 Å². The molecule has 0 radical (unpaired) electrons. The molecule has 0 aliphatic rings. The first kappa shape index (κ1) is 20.7. The van der Waals surface area contributed by atoms with Crippen LogP contribution in [0.5, 0.6) is 0 Å². The van der Waals surface area contributed by atoms with Crippen molar-refractivity contribution in [1.82, 2.24) is 20.0 Å². The Labute approximate surface area is 165 Å². The Hall–Kier alpha value is -1.56. The first-order valence-corrected chi connectivity index (χ1v) is 9.63. The van der Waals surface area contributed by atoms with Gasteiger partial charge in [-0.25, -0.2) is 4.68 Å². The third-order valence-corrected chi connectivity index (χ3v) is 4.83. The van der Waals surface area contributed by atoms with E-state index >= 15 is 0 Å². The predicted octanol–water partition coefficient (Wildman–Crippen LogP) is 3.99. The zero-order valence-corrected chi connectivity index (χ0v) is 17.3. The van der Waals surface area contributed by atoms with Crippen molar-refractivity contribution in [2.75, 3.05) is 27.2 Å². The minimum atomic E-state index is -0.0709. The summed E-state index contributed by atoms with van der Waals surface area (Å²) >= 11 is 12.2. The van der Waals surface area contributed by atoms with Gasteiger partial charge in [0.05, 0.1) is 32.7 Å². The number of benzene rings is 1. The number of likely N-dealkylation sites (N-methyl/N-ethyl adjacent to an activating group) is 1. The van der Waals surface area contributed by atoms with Crippen molar-refractivity contribution < 1.29 is 4.79 Å². The molecule has 0 unspecified atom stereocenters. The molecule has 1 amide bonds. The van der Waals surface area contributed by atoms with Crippen LogP contribution < -0.4 is 5.32 Å². The van der Waals surface area contributed by atoms with Gasteiger partial charge in [-0.1, -0.05) is 43.5 Å². The van der Waals surface area contributed by atoms with Crippen molar-refractivity contribution in [3.8, 4) is 5.69 Å². The van der Waals surface area contributed by atoms with Gasteiger partial charge < -0.3 is 10.2 Å². The number of amides is 1. The molecule has 0 spiro atoms. The summed E-state index contributed by atoms with van der Waals surface area (Å²) in [7, 11) is 3.96. The van der Waals surface area contributed by atoms with Crippen LogP contribution >= 0.6 is 23.2 Å². The van der Waals surface area contributed by atoms with E-state index in [-0.39, 0.29) is 5.91 Å². The third-order valence-electron chi connectivity index (χ3n) is 4.09. The molecule has 1 N–H and O–H groups in total. The van der Waals surface area contributed by atoms with Crippen LogP contribution in [-0.4, -0.2) is 47.8 Å². The van der Waals surface area contributed by atoms with E-state index in [1.54, 1.807) is 12.1 Å². The summed E-state index contributed by atoms with van der Waals surface area (Å²) in [6, 6.07) is 5.39. The van der Waals surface area contributed by atoms with Gasteiger partial charge in [0.1, 0.15) is 0 Å². The fraction of sp³-hybridized carbons (Fsp3) is 0.474. The molecule has 142 valence electrons. The average Bonchev–Trinajstić information content (AvgIpc) is 2.95. The molecule has 0 bridgehead atoms. The number of rotatable bonds is 8. The highest BCUT2D eigenvalue weighted by Crippen LogP contribution is 2.27. The number of halogens is 2. The second kappa shape index (κ2) is 9.40. The zero-order chi connectivity index (χ0) is 19.3. The monoisotopic (exact) mass is 396 g/mol. The molecule has 0 saturated carbocycles. The van der Waals surface area contributed by atoms with Crippen LogP contribution in [0.2, 0.25) is 10.0 Å². The molecular weight excluding hydrogens is 371 g/mol. The minimum Gasteiger partial charge on any atom is -0.351 e. The van der Waals surface area contributed by atoms with Gasteiger partial charge in [-0.2, -0.15) is 5.10 Å². The van der Waals surface area contributed by atoms with Crippen molar-refractivity contribution in [3.05, 3.63) is 45.2 Å². The van der Waals surface area contributed by atoms with E-state index < -0.39 is 0 Å². The molecule has 1 aromatic heterocycles. The smallest absolute Gasteiger partial charge is 0.255 e. The lowest BCUT2D eigenvalue weighted by Gasteiger charge is -2.12. The highest BCUT2D eigenvalue weighted by atomic mass is 35.5. The van der Waals surface area contributed by atoms with E-state index in [1.165, 1.54) is 0 Å². The number of carbonyl (C=O) groups excluding carboxylic acids is 1. The van der Waals surface area contributed by atoms with E-state index in [4.69, 9.17) is 28.3 Å². The summed E-state index contributed by atoms with van der Waals surface area (Å²) in [5.41, 5.74) is 3.19. The maximum Gasteiger partial charge on any atom is 0.255 e. The lowest BCUT2D eigenvalue weighted by Crippen LogP contribution is -2.32. The largest absolute Gasteiger partial charge is 0.351 e. The topological polar surface area (TPSA) is 50.2 Å². The van der Waals surface area contributed by atoms with Crippen LogP contribution in [0.4, 0.5) is 0 Å². The highest BCUT2D eigenvalue weighted by Gasteiger charge is 2.23. The third kappa shape index (κ3) is 4.78. The maximum absolute atomic E-state index is 12.8. The van der Waals surface area contributed by atoms with E-state index in [9.17, 15) is 4.79 Å². The van der Waals surface area contributed by atoms with Crippen LogP contribution in [0.15, 0.2) is 18.2 Å². The number of aryl methyl sites for hydroxylation is 1. The molecular formula is C19H26Cl2N4O. The molecule has 0 aliphatic heterocycles. The number of aromatic nitrogens is 2. The van der Waals surface area contributed by atoms with Gasteiger partial charge >= 0.3 is 0 Å². The molecule has 2 aromatic rings. The van der Waals surface area contributed by atoms with Gasteiger partial charge in [-0.3, -0.25) is 4.79 Å². The standard InChI is InChI=1S/C19H26Cl2N4O/c1-5-7-16-18(19(26)22-10-11-24(3)4)17(6-2)25(23-16)13-8-9-14(20)15(21)12-13/h8-9,12H,5-7,10-11H2,1-4H3,(H,22,26). The Bertz CT molecular complexity index is 771. The average molecular weight is 397 g/mol. The van der Waals surface area contributed by atoms with E-state index in [0.717, 1.165) is 36.5 Å². The lowest BCUT2D eigenvalue weighted by atomic mass is 10.1. The van der Waals surface area contributed by atoms with Crippen molar-refractivity contribution in [3.63, 3.8) is 0 Å². The van der Waals surface area contributed by atoms with Crippen molar-refractivity contribution in [2.45, 2.75) is 33.1 Å². The van der Waals surface area contributed by atoms with Crippen LogP contribution in [0.25, 0.3) is 5.69 Å². The highest BCUT2D eigenvalue weighted by molar-refractivity contribution is 6.42. The van der Waals surface area contributed by atoms with Gasteiger partial charge in [0.15, 0.2) is 0 Å². The van der Waals surface area contributed by atoms with Gasteiger partial charge in [-0.05, 0) is 45.1 Å². The number of carbonyl (C=O) groups is 1. The van der Waals surface area contributed by atoms with Crippen LogP contribution in [0.1, 0.15) is 42.0 Å². The van der Waals surface area contributed by atoms with Gasteiger partial charge in [0.2, 0.25) is 0 Å². The summed E-state index contributed by atoms with van der Waals surface area (Å²) in [6.45, 7) is 5.49. The number of nitrogens with one attached hydrogen (secondary N) is 1. The molecule has 26 heavy (non-hydrogen) atoms. The van der Waals surface area contributed by atoms with E-state index in [1.807, 2.05) is 36.7 Å². The quantitative estimate of drug-likeness (QED) is 0.733. The Kier molecular flexibility index (Phi) is 7.50. The fourth-order valence-electron chi connectivity index (χ4n) is 2.82. The Balaban J connectivity index is 2.44. The molecule has 5 nitrogen and oxygen atoms in total. The van der Waals surface area contributed by atoms with Gasteiger partial charge in [-0.15, -0.1) is 0 Å². The normalized spacial score (nSPS) is 11.2. The molecule has 0 atom stereocenters. The summed E-state index contributed by atoms with van der Waals surface area (Å²) in [5.74, 6) is -0.0709. The predicted molar refractivity (Wildman–Crippen MR) is 108 cm³/mol. The number of nitrogens with zero attached hydrogens (tertiary/aromatic N) is 3. The van der Waals surface area contributed by atoms with Crippen molar-refractivity contribution >= 4 is 29.1 Å². The summed E-state index contributed by atoms with van der Waals surface area (Å²) in [4.78, 5) is 14.9. The Morgan fingerprint density at radius 2 is 1.96 bits per heavy atom. The Morgan fingerprint density at radius 1 is 1.23 bits per heavy atom. The fourth-order valence-corrected chi connectivity index (χ4v) is 3.11.